The fourth-order valence-electron chi connectivity index (χ4n) is 11.8. The Morgan fingerprint density at radius 3 is 2.48 bits per heavy atom. The average Bonchev–Trinajstić information content (AvgIpc) is 1.43. The summed E-state index contributed by atoms with van der Waals surface area (Å²) in [6.45, 7) is -0.489. The molecule has 4 aromatic carbocycles. The molecular weight excluding hydrogens is 1430 g/mol. The van der Waals surface area contributed by atoms with Gasteiger partial charge in [-0.25, -0.2) is 28.3 Å². The fraction of sp³-hybridized carbons (Fsp3) is 0.397. The number of fused-ring (bicyclic) bond motifs is 3. The molecule has 0 saturated carbocycles. The molecule has 103 heavy (non-hydrogen) atoms. The Kier molecular flexibility index (Phi) is 25.8. The number of para-hydroxylation sites is 1. The van der Waals surface area contributed by atoms with Gasteiger partial charge in [0.25, 0.3) is 11.8 Å². The van der Waals surface area contributed by atoms with Crippen LogP contribution in [0.3, 0.4) is 0 Å². The van der Waals surface area contributed by atoms with Crippen LogP contribution in [0.15, 0.2) is 109 Å². The summed E-state index contributed by atoms with van der Waals surface area (Å²) in [4.78, 5) is 136. The predicted molar refractivity (Wildman–Crippen MR) is 370 cm³/mol. The lowest BCUT2D eigenvalue weighted by Gasteiger charge is -2.37. The number of azide groups is 2. The summed E-state index contributed by atoms with van der Waals surface area (Å²) in [7, 11) is -15.4. The number of aromatic nitrogens is 3. The fourth-order valence-corrected chi connectivity index (χ4v) is 15.8. The van der Waals surface area contributed by atoms with E-state index < -0.39 is 91.2 Å². The number of phosphoric ester groups is 1. The Labute approximate surface area is 589 Å². The number of thiazole rings is 1. The number of nitrogens with zero attached hydrogens (tertiary/aromatic N) is 11. The minimum Gasteiger partial charge on any atom is -0.491 e. The van der Waals surface area contributed by atoms with Crippen LogP contribution in [0.25, 0.3) is 63.8 Å². The molecule has 6 heterocycles. The zero-order valence-electron chi connectivity index (χ0n) is 54.9. The van der Waals surface area contributed by atoms with Crippen molar-refractivity contribution in [1.82, 2.24) is 30.1 Å². The Morgan fingerprint density at radius 2 is 1.69 bits per heavy atom. The number of carbonyl (C=O) groups excluding carboxylic acids is 4. The number of Topliss-reactive ketones (excluding diaryl/α,β-unsaturated/α-hetero) is 1. The van der Waals surface area contributed by atoms with Gasteiger partial charge in [0.2, 0.25) is 5.91 Å². The van der Waals surface area contributed by atoms with Gasteiger partial charge in [0.15, 0.2) is 6.23 Å². The molecule has 6 unspecified atom stereocenters. The van der Waals surface area contributed by atoms with Crippen molar-refractivity contribution in [3.8, 4) is 39.3 Å². The predicted octanol–water partition coefficient (Wildman–Crippen LogP) is 7.71. The average molecular weight is 1500 g/mol. The molecule has 36 nitrogen and oxygen atoms in total. The van der Waals surface area contributed by atoms with Gasteiger partial charge in [0, 0.05) is 102 Å². The number of benzene rings is 4. The molecule has 6 atom stereocenters. The van der Waals surface area contributed by atoms with Gasteiger partial charge in [-0.2, -0.15) is 13.6 Å². The molecule has 3 aliphatic heterocycles. The largest absolute Gasteiger partial charge is 0.491 e. The topological polar surface area (TPSA) is 506 Å². The van der Waals surface area contributed by atoms with Crippen LogP contribution in [0.2, 0.25) is 0 Å². The number of amides is 3. The summed E-state index contributed by atoms with van der Waals surface area (Å²) in [5.41, 5.74) is 29.1. The van der Waals surface area contributed by atoms with Crippen molar-refractivity contribution in [3.63, 3.8) is 0 Å². The van der Waals surface area contributed by atoms with E-state index in [4.69, 9.17) is 54.1 Å². The smallest absolute Gasteiger partial charge is 0.490 e. The number of carbonyl (C=O) groups is 4. The molecule has 3 aliphatic rings. The van der Waals surface area contributed by atoms with Gasteiger partial charge in [-0.05, 0) is 103 Å². The second-order valence-corrected chi connectivity index (χ2v) is 28.8. The van der Waals surface area contributed by atoms with Crippen LogP contribution >= 0.6 is 34.8 Å². The van der Waals surface area contributed by atoms with E-state index in [0.717, 1.165) is 76.4 Å². The molecule has 0 spiro atoms. The van der Waals surface area contributed by atoms with Crippen LogP contribution in [-0.4, -0.2) is 160 Å². The second kappa shape index (κ2) is 34.8. The van der Waals surface area contributed by atoms with E-state index in [-0.39, 0.29) is 93.1 Å². The first-order chi connectivity index (χ1) is 49.4. The summed E-state index contributed by atoms with van der Waals surface area (Å²) in [6.07, 6.45) is 0.620. The van der Waals surface area contributed by atoms with Crippen molar-refractivity contribution >= 4 is 91.0 Å². The summed E-state index contributed by atoms with van der Waals surface area (Å²) >= 11 is 1.40. The molecule has 0 radical (unpaired) electrons. The van der Waals surface area contributed by atoms with Crippen molar-refractivity contribution in [2.45, 2.75) is 82.5 Å². The van der Waals surface area contributed by atoms with Crippen LogP contribution in [0.1, 0.15) is 88.6 Å². The molecule has 1 fully saturated rings. The van der Waals surface area contributed by atoms with Gasteiger partial charge in [-0.3, -0.25) is 28.3 Å². The number of hydrogen-bond donors (Lipinski definition) is 7. The number of nitrogens with two attached hydrogens (primary N) is 1. The second-order valence-electron chi connectivity index (χ2n) is 23.4. The Balaban J connectivity index is 0.636. The van der Waals surface area contributed by atoms with E-state index in [0.29, 0.717) is 45.7 Å². The number of ketones is 1. The Bertz CT molecular complexity index is 4760. The van der Waals surface area contributed by atoms with Crippen molar-refractivity contribution in [3.05, 3.63) is 155 Å². The number of aryl methyl sites for hydroxylation is 2. The van der Waals surface area contributed by atoms with Gasteiger partial charge < -0.3 is 73.8 Å². The van der Waals surface area contributed by atoms with Gasteiger partial charge in [-0.15, -0.1) is 11.3 Å². The highest BCUT2D eigenvalue weighted by Crippen LogP contribution is 2.66. The number of rotatable bonds is 34. The number of nitrogen functional groups attached to an aromatic ring is 1. The summed E-state index contributed by atoms with van der Waals surface area (Å²) in [5.74, 6) is 3.86. The molecule has 544 valence electrons. The third kappa shape index (κ3) is 20.4. The van der Waals surface area contributed by atoms with E-state index in [2.05, 4.69) is 71.6 Å². The minimum atomic E-state index is -5.85. The van der Waals surface area contributed by atoms with Crippen LogP contribution < -0.4 is 37.3 Å². The van der Waals surface area contributed by atoms with Crippen molar-refractivity contribution < 1.29 is 93.7 Å². The third-order valence-corrected chi connectivity index (χ3v) is 21.1. The highest BCUT2D eigenvalue weighted by Gasteiger charge is 2.44. The number of anilines is 2. The standard InChI is InChI=1S/C63H69N14O22P3S/c1-75(61(81)44-19-3-2-18-43(44)54-46-31-38-14-9-26-76-27-11-20-45(56(38)76)57(46)97-62(82)55(54)60-70-47-21-4-5-22-50(47)103-60)25-10-16-41(78)15-8-24-68-59(80)39-12-6-17-42(30-39)93-36-52(72-74-66)92-29-28-91-35-51(79)67-23-7-13-40-33-77(63(83)71-58(40)64)53-32-48(94-37-69-73-65)49(96-53)34-95-101(87,88)99-102(89,90)98-100(84,85)86/h2-6,12,17-19,21-22,30-31,33,48-49,52-53H,8-11,14-16,20,23-29,32,34-37H2,1H3,(H,67,79)(H,68,80)(H,87,88)(H,89,90)(H2,64,71,83)(H2,84,85,86). The van der Waals surface area contributed by atoms with E-state index in [1.54, 1.807) is 42.3 Å². The first kappa shape index (κ1) is 76.4. The number of ether oxygens (including phenoxy) is 5. The highest BCUT2D eigenvalue weighted by atomic mass is 32.1. The van der Waals surface area contributed by atoms with Crippen molar-refractivity contribution in [1.29, 1.82) is 0 Å². The van der Waals surface area contributed by atoms with E-state index in [1.807, 2.05) is 36.4 Å². The van der Waals surface area contributed by atoms with Gasteiger partial charge in [-0.1, -0.05) is 58.5 Å². The van der Waals surface area contributed by atoms with E-state index >= 15 is 0 Å². The summed E-state index contributed by atoms with van der Waals surface area (Å²) in [5, 5.41) is 13.4. The molecule has 3 aromatic heterocycles. The Hall–Kier alpha value is -9.23. The van der Waals surface area contributed by atoms with Crippen molar-refractivity contribution in [2.24, 2.45) is 10.2 Å². The maximum atomic E-state index is 14.6. The normalized spacial score (nSPS) is 16.9. The molecule has 10 rings (SSSR count). The van der Waals surface area contributed by atoms with Gasteiger partial charge in [0.05, 0.1) is 48.2 Å². The quantitative estimate of drug-likeness (QED) is 0.00386. The van der Waals surface area contributed by atoms with Crippen molar-refractivity contribution in [2.75, 3.05) is 90.2 Å². The minimum absolute atomic E-state index is 0.0263. The Morgan fingerprint density at radius 1 is 0.913 bits per heavy atom. The molecule has 0 bridgehead atoms. The molecule has 1 saturated heterocycles. The molecule has 3 amide bonds. The lowest BCUT2D eigenvalue weighted by Crippen LogP contribution is -2.34. The first-order valence-corrected chi connectivity index (χ1v) is 37.3. The molecule has 40 heteroatoms. The van der Waals surface area contributed by atoms with Crippen LogP contribution in [-0.2, 0) is 68.2 Å². The SMILES string of the molecule is CN(CCCC(=O)CCCNC(=O)c1cccc(OCC(N=[N+]=[N-])OCCOCC(=O)NCC#Cc2cn(C3CC(OCN=[N+]=[N-])C(COP(=O)(O)OP(=O)(O)OP(=O)(O)O)O3)c(=O)nc2N)c1)C(=O)c1ccccc1-c1c(-c2nc3ccccc3s2)c(=O)oc2c3c4c(cc12)CCCN4CCC3. The number of hydrogen-bond acceptors (Lipinski definition) is 25. The van der Waals surface area contributed by atoms with Gasteiger partial charge in [0.1, 0.15) is 65.8 Å². The van der Waals surface area contributed by atoms with Crippen LogP contribution in [0.5, 0.6) is 5.75 Å². The number of phosphoric acid groups is 3. The summed E-state index contributed by atoms with van der Waals surface area (Å²) < 4.78 is 83.3. The van der Waals surface area contributed by atoms with E-state index in [9.17, 15) is 57.8 Å². The molecule has 0 aliphatic carbocycles. The maximum Gasteiger partial charge on any atom is 0.490 e. The highest BCUT2D eigenvalue weighted by molar-refractivity contribution is 7.66. The monoisotopic (exact) mass is 1500 g/mol. The van der Waals surface area contributed by atoms with E-state index in [1.165, 1.54) is 23.0 Å². The number of nitrogens with one attached hydrogen (secondary N) is 2. The van der Waals surface area contributed by atoms with Crippen LogP contribution in [0.4, 0.5) is 11.5 Å². The maximum absolute atomic E-state index is 14.6. The van der Waals surface area contributed by atoms with Crippen LogP contribution in [0, 0.1) is 11.8 Å². The lowest BCUT2D eigenvalue weighted by molar-refractivity contribution is -0.126. The molecular formula is C63H69N14O22P3S. The summed E-state index contributed by atoms with van der Waals surface area (Å²) in [6, 6.07) is 23.3. The molecule has 7 aromatic rings. The third-order valence-electron chi connectivity index (χ3n) is 16.3. The first-order valence-electron chi connectivity index (χ1n) is 32.0. The lowest BCUT2D eigenvalue weighted by atomic mass is 9.86. The van der Waals surface area contributed by atoms with Gasteiger partial charge >= 0.3 is 34.8 Å². The molecule has 8 N–H and O–H groups in total. The zero-order valence-corrected chi connectivity index (χ0v) is 58.4. The zero-order chi connectivity index (χ0) is 73.4.